The number of carboxylic acid groups (broad SMARTS) is 2. The smallest absolute Gasteiger partial charge is 0.328 e. The number of carboxylic acids is 2. The fraction of sp³-hybridized carbons (Fsp3) is 0.450. The molecule has 0 saturated carbocycles. The van der Waals surface area contributed by atoms with Crippen molar-refractivity contribution in [2.75, 3.05) is 0 Å². The fourth-order valence-electron chi connectivity index (χ4n) is 4.81. The Labute approximate surface area is 267 Å². The molecule has 4 heteroatoms. The Balaban J connectivity index is 0.000000339. The van der Waals surface area contributed by atoms with Crippen LogP contribution in [0.15, 0.2) is 78.9 Å². The van der Waals surface area contributed by atoms with Crippen molar-refractivity contribution < 1.29 is 19.8 Å². The minimum absolute atomic E-state index is 0.299. The summed E-state index contributed by atoms with van der Waals surface area (Å²) >= 11 is 0. The first-order valence-electron chi connectivity index (χ1n) is 16.2. The Hall–Kier alpha value is -3.66. The van der Waals surface area contributed by atoms with Crippen LogP contribution in [0.5, 0.6) is 0 Å². The number of hydrogen-bond acceptors (Lipinski definition) is 2. The van der Waals surface area contributed by atoms with E-state index in [1.54, 1.807) is 6.08 Å². The first kappa shape index (κ1) is 38.4. The van der Waals surface area contributed by atoms with E-state index in [0.29, 0.717) is 18.3 Å². The molecule has 0 bridgehead atoms. The summed E-state index contributed by atoms with van der Waals surface area (Å²) in [4.78, 5) is 20.7. The van der Waals surface area contributed by atoms with E-state index >= 15 is 0 Å². The molecule has 0 spiro atoms. The van der Waals surface area contributed by atoms with Gasteiger partial charge >= 0.3 is 11.9 Å². The molecule has 44 heavy (non-hydrogen) atoms. The molecule has 0 aliphatic heterocycles. The summed E-state index contributed by atoms with van der Waals surface area (Å²) < 4.78 is 0. The lowest BCUT2D eigenvalue weighted by molar-refractivity contribution is -0.137. The van der Waals surface area contributed by atoms with Crippen molar-refractivity contribution in [1.82, 2.24) is 0 Å². The molecule has 0 heterocycles. The number of aryl methyl sites for hydroxylation is 2. The van der Waals surface area contributed by atoms with Crippen LogP contribution in [-0.2, 0) is 35.3 Å². The Morgan fingerprint density at radius 2 is 1.14 bits per heavy atom. The SMILES string of the molecule is CC(C)Cc1ccc(/C=C/C(=O)O)cc1.CC(C)Cc1ccccc1CCCCCC(=O)O.Cc1ccc(CC(C)C)cc1. The van der Waals surface area contributed by atoms with Gasteiger partial charge in [0.25, 0.3) is 0 Å². The first-order chi connectivity index (χ1) is 20.8. The van der Waals surface area contributed by atoms with Crippen LogP contribution in [0.25, 0.3) is 6.08 Å². The van der Waals surface area contributed by atoms with E-state index in [0.717, 1.165) is 56.1 Å². The van der Waals surface area contributed by atoms with Crippen LogP contribution in [0, 0.1) is 24.7 Å². The molecule has 3 aromatic carbocycles. The summed E-state index contributed by atoms with van der Waals surface area (Å²) in [5.41, 5.74) is 7.89. The van der Waals surface area contributed by atoms with Gasteiger partial charge in [0, 0.05) is 12.5 Å². The lowest BCUT2D eigenvalue weighted by atomic mass is 9.95. The fourth-order valence-corrected chi connectivity index (χ4v) is 4.81. The van der Waals surface area contributed by atoms with Crippen molar-refractivity contribution in [2.24, 2.45) is 17.8 Å². The van der Waals surface area contributed by atoms with Gasteiger partial charge in [-0.3, -0.25) is 4.79 Å². The molecular formula is C40H56O4. The molecule has 4 nitrogen and oxygen atoms in total. The molecule has 2 N–H and O–H groups in total. The number of hydrogen-bond donors (Lipinski definition) is 2. The molecule has 0 unspecified atom stereocenters. The van der Waals surface area contributed by atoms with E-state index in [-0.39, 0.29) is 0 Å². The standard InChI is InChI=1S/C16H24O2.C13H16O2.C11H16/c1-13(2)12-15-10-7-6-9-14(15)8-4-3-5-11-16(17)18;1-10(2)9-12-5-3-11(4-6-12)7-8-13(14)15;1-9(2)8-11-6-4-10(3)5-7-11/h6-7,9-10,13H,3-5,8,11-12H2,1-2H3,(H,17,18);3-8,10H,9H2,1-2H3,(H,14,15);4-7,9H,8H2,1-3H3/b;8-7+;. The van der Waals surface area contributed by atoms with Crippen molar-refractivity contribution in [2.45, 2.75) is 99.8 Å². The van der Waals surface area contributed by atoms with Crippen LogP contribution < -0.4 is 0 Å². The topological polar surface area (TPSA) is 74.6 Å². The van der Waals surface area contributed by atoms with Crippen molar-refractivity contribution in [3.05, 3.63) is 112 Å². The third-order valence-electron chi connectivity index (χ3n) is 6.89. The van der Waals surface area contributed by atoms with E-state index in [1.807, 2.05) is 24.3 Å². The molecule has 0 atom stereocenters. The number of carbonyl (C=O) groups is 2. The van der Waals surface area contributed by atoms with E-state index in [1.165, 1.54) is 34.2 Å². The van der Waals surface area contributed by atoms with Gasteiger partial charge in [0.2, 0.25) is 0 Å². The molecule has 240 valence electrons. The minimum atomic E-state index is -0.916. The molecule has 0 fully saturated rings. The highest BCUT2D eigenvalue weighted by Gasteiger charge is 2.04. The minimum Gasteiger partial charge on any atom is -0.481 e. The second-order valence-electron chi connectivity index (χ2n) is 12.9. The quantitative estimate of drug-likeness (QED) is 0.143. The summed E-state index contributed by atoms with van der Waals surface area (Å²) in [5, 5.41) is 17.0. The molecule has 0 radical (unpaired) electrons. The molecule has 0 aliphatic rings. The second kappa shape index (κ2) is 21.9. The Morgan fingerprint density at radius 1 is 0.636 bits per heavy atom. The number of rotatable bonds is 14. The van der Waals surface area contributed by atoms with Gasteiger partial charge in [-0.1, -0.05) is 126 Å². The van der Waals surface area contributed by atoms with Crippen LogP contribution in [0.4, 0.5) is 0 Å². The van der Waals surface area contributed by atoms with Crippen molar-refractivity contribution >= 4 is 18.0 Å². The maximum absolute atomic E-state index is 10.4. The van der Waals surface area contributed by atoms with Gasteiger partial charge in [-0.25, -0.2) is 4.79 Å². The third-order valence-corrected chi connectivity index (χ3v) is 6.89. The van der Waals surface area contributed by atoms with Crippen LogP contribution in [-0.4, -0.2) is 22.2 Å². The molecule has 0 amide bonds. The van der Waals surface area contributed by atoms with Gasteiger partial charge in [-0.15, -0.1) is 0 Å². The number of unbranched alkanes of at least 4 members (excludes halogenated alkanes) is 2. The predicted molar refractivity (Wildman–Crippen MR) is 186 cm³/mol. The van der Waals surface area contributed by atoms with Crippen LogP contribution in [0.2, 0.25) is 0 Å². The van der Waals surface area contributed by atoms with E-state index in [4.69, 9.17) is 10.2 Å². The summed E-state index contributed by atoms with van der Waals surface area (Å²) in [6.45, 7) is 15.5. The molecule has 0 saturated heterocycles. The zero-order valence-electron chi connectivity index (χ0n) is 28.2. The van der Waals surface area contributed by atoms with Gasteiger partial charge < -0.3 is 10.2 Å². The zero-order chi connectivity index (χ0) is 32.9. The summed E-state index contributed by atoms with van der Waals surface area (Å²) in [5.74, 6) is 0.484. The Kier molecular flexibility index (Phi) is 19.1. The number of benzene rings is 3. The van der Waals surface area contributed by atoms with Crippen molar-refractivity contribution in [3.8, 4) is 0 Å². The average molecular weight is 601 g/mol. The number of aliphatic carboxylic acids is 2. The molecular weight excluding hydrogens is 544 g/mol. The highest BCUT2D eigenvalue weighted by atomic mass is 16.4. The Morgan fingerprint density at radius 3 is 1.61 bits per heavy atom. The lowest BCUT2D eigenvalue weighted by Gasteiger charge is -2.11. The van der Waals surface area contributed by atoms with Gasteiger partial charge in [-0.2, -0.15) is 0 Å². The highest BCUT2D eigenvalue weighted by Crippen LogP contribution is 2.17. The summed E-state index contributed by atoms with van der Waals surface area (Å²) in [6.07, 6.45) is 10.4. The largest absolute Gasteiger partial charge is 0.481 e. The van der Waals surface area contributed by atoms with E-state index in [2.05, 4.69) is 97.0 Å². The van der Waals surface area contributed by atoms with E-state index < -0.39 is 11.9 Å². The predicted octanol–water partition coefficient (Wildman–Crippen LogP) is 10.2. The third kappa shape index (κ3) is 19.5. The van der Waals surface area contributed by atoms with Crippen LogP contribution >= 0.6 is 0 Å². The van der Waals surface area contributed by atoms with Gasteiger partial charge in [0.15, 0.2) is 0 Å². The zero-order valence-corrected chi connectivity index (χ0v) is 28.2. The maximum Gasteiger partial charge on any atom is 0.328 e. The molecule has 0 aliphatic carbocycles. The van der Waals surface area contributed by atoms with Gasteiger partial charge in [0.1, 0.15) is 0 Å². The monoisotopic (exact) mass is 600 g/mol. The maximum atomic E-state index is 10.4. The lowest BCUT2D eigenvalue weighted by Crippen LogP contribution is -2.00. The first-order valence-corrected chi connectivity index (χ1v) is 16.2. The molecule has 3 rings (SSSR count). The van der Waals surface area contributed by atoms with E-state index in [9.17, 15) is 9.59 Å². The molecule has 0 aromatic heterocycles. The summed E-state index contributed by atoms with van der Waals surface area (Å²) in [7, 11) is 0. The second-order valence-corrected chi connectivity index (χ2v) is 12.9. The van der Waals surface area contributed by atoms with Crippen LogP contribution in [0.3, 0.4) is 0 Å². The molecule has 3 aromatic rings. The van der Waals surface area contributed by atoms with Crippen molar-refractivity contribution in [1.29, 1.82) is 0 Å². The Bertz CT molecular complexity index is 1240. The average Bonchev–Trinajstić information content (AvgIpc) is 2.94. The van der Waals surface area contributed by atoms with Crippen LogP contribution in [0.1, 0.15) is 101 Å². The normalized spacial score (nSPS) is 10.9. The van der Waals surface area contributed by atoms with Gasteiger partial charge in [-0.05, 0) is 97.1 Å². The van der Waals surface area contributed by atoms with Gasteiger partial charge in [0.05, 0.1) is 0 Å². The van der Waals surface area contributed by atoms with Crippen molar-refractivity contribution in [3.63, 3.8) is 0 Å². The summed E-state index contributed by atoms with van der Waals surface area (Å²) in [6, 6.07) is 25.4. The highest BCUT2D eigenvalue weighted by molar-refractivity contribution is 5.85.